The van der Waals surface area contributed by atoms with Gasteiger partial charge in [-0.15, -0.1) is 11.8 Å². The minimum Gasteiger partial charge on any atom is -0.496 e. The van der Waals surface area contributed by atoms with Crippen LogP contribution in [-0.2, 0) is 4.79 Å². The molecule has 3 rings (SSSR count). The molecule has 34 heavy (non-hydrogen) atoms. The van der Waals surface area contributed by atoms with Crippen molar-refractivity contribution in [3.8, 4) is 11.5 Å². The van der Waals surface area contributed by atoms with Crippen LogP contribution in [0.3, 0.4) is 0 Å². The Balaban J connectivity index is 1.74. The monoisotopic (exact) mass is 478 g/mol. The maximum absolute atomic E-state index is 13.0. The molecule has 0 fully saturated rings. The number of anilines is 2. The molecule has 0 radical (unpaired) electrons. The molecule has 0 bridgehead atoms. The highest BCUT2D eigenvalue weighted by Crippen LogP contribution is 2.31. The smallest absolute Gasteiger partial charge is 0.263 e. The van der Waals surface area contributed by atoms with E-state index in [2.05, 4.69) is 10.6 Å². The molecule has 0 aliphatic heterocycles. The van der Waals surface area contributed by atoms with E-state index in [1.807, 2.05) is 57.2 Å². The predicted octanol–water partition coefficient (Wildman–Crippen LogP) is 6.08. The first-order valence-corrected chi connectivity index (χ1v) is 11.9. The van der Waals surface area contributed by atoms with Crippen molar-refractivity contribution in [2.24, 2.45) is 0 Å². The van der Waals surface area contributed by atoms with Crippen molar-refractivity contribution in [1.82, 2.24) is 0 Å². The number of methoxy groups -OCH3 is 2. The van der Waals surface area contributed by atoms with E-state index in [1.54, 1.807) is 24.3 Å². The number of thioether (sulfide) groups is 1. The maximum atomic E-state index is 13.0. The van der Waals surface area contributed by atoms with Gasteiger partial charge in [0.1, 0.15) is 17.1 Å². The Morgan fingerprint density at radius 2 is 1.59 bits per heavy atom. The van der Waals surface area contributed by atoms with Crippen LogP contribution >= 0.6 is 11.8 Å². The van der Waals surface area contributed by atoms with E-state index in [-0.39, 0.29) is 17.1 Å². The summed E-state index contributed by atoms with van der Waals surface area (Å²) in [6.45, 7) is 5.97. The minimum atomic E-state index is -0.337. The lowest BCUT2D eigenvalue weighted by molar-refractivity contribution is -0.115. The summed E-state index contributed by atoms with van der Waals surface area (Å²) in [6, 6.07) is 18.6. The quantitative estimate of drug-likeness (QED) is 0.364. The van der Waals surface area contributed by atoms with Crippen LogP contribution in [0.15, 0.2) is 65.6 Å². The highest BCUT2D eigenvalue weighted by molar-refractivity contribution is 8.00. The second-order valence-corrected chi connectivity index (χ2v) is 9.12. The second kappa shape index (κ2) is 11.6. The summed E-state index contributed by atoms with van der Waals surface area (Å²) in [7, 11) is 3.02. The first kappa shape index (κ1) is 25.2. The molecule has 178 valence electrons. The van der Waals surface area contributed by atoms with E-state index in [0.29, 0.717) is 29.2 Å². The molecule has 6 nitrogen and oxygen atoms in total. The summed E-state index contributed by atoms with van der Waals surface area (Å²) < 4.78 is 10.7. The van der Waals surface area contributed by atoms with E-state index in [1.165, 1.54) is 26.0 Å². The number of nitrogens with one attached hydrogen (secondary N) is 2. The molecule has 0 spiro atoms. The summed E-state index contributed by atoms with van der Waals surface area (Å²) >= 11 is 1.47. The molecule has 0 aliphatic rings. The number of carbonyl (C=O) groups is 2. The Hall–Kier alpha value is -3.45. The molecular weight excluding hydrogens is 448 g/mol. The van der Waals surface area contributed by atoms with Gasteiger partial charge in [-0.05, 0) is 67.8 Å². The fraction of sp³-hybridized carbons (Fsp3) is 0.259. The van der Waals surface area contributed by atoms with Crippen LogP contribution in [0.5, 0.6) is 11.5 Å². The van der Waals surface area contributed by atoms with Crippen LogP contribution in [-0.4, -0.2) is 31.3 Å². The van der Waals surface area contributed by atoms with Crippen molar-refractivity contribution in [3.63, 3.8) is 0 Å². The number of aryl methyl sites for hydroxylation is 2. The highest BCUT2D eigenvalue weighted by atomic mass is 32.2. The van der Waals surface area contributed by atoms with Crippen LogP contribution in [0.1, 0.15) is 34.8 Å². The number of hydrogen-bond acceptors (Lipinski definition) is 5. The van der Waals surface area contributed by atoms with Gasteiger partial charge in [-0.3, -0.25) is 9.59 Å². The van der Waals surface area contributed by atoms with E-state index in [9.17, 15) is 9.59 Å². The van der Waals surface area contributed by atoms with Crippen molar-refractivity contribution >= 4 is 35.0 Å². The Kier molecular flexibility index (Phi) is 8.60. The van der Waals surface area contributed by atoms with Crippen LogP contribution in [0.2, 0.25) is 0 Å². The van der Waals surface area contributed by atoms with Gasteiger partial charge in [0.05, 0.1) is 19.5 Å². The summed E-state index contributed by atoms with van der Waals surface area (Å²) in [4.78, 5) is 26.8. The third-order valence-corrected chi connectivity index (χ3v) is 6.70. The largest absolute Gasteiger partial charge is 0.496 e. The molecule has 7 heteroatoms. The number of rotatable bonds is 9. The van der Waals surface area contributed by atoms with Gasteiger partial charge in [0.25, 0.3) is 5.91 Å². The highest BCUT2D eigenvalue weighted by Gasteiger charge is 2.21. The lowest BCUT2D eigenvalue weighted by Gasteiger charge is -2.17. The predicted molar refractivity (Wildman–Crippen MR) is 138 cm³/mol. The molecule has 3 aromatic rings. The summed E-state index contributed by atoms with van der Waals surface area (Å²) in [5, 5.41) is 5.69. The molecule has 0 saturated heterocycles. The van der Waals surface area contributed by atoms with Crippen LogP contribution in [0, 0.1) is 13.8 Å². The van der Waals surface area contributed by atoms with Gasteiger partial charge in [0.15, 0.2) is 0 Å². The molecule has 1 unspecified atom stereocenters. The zero-order chi connectivity index (χ0) is 24.7. The van der Waals surface area contributed by atoms with Crippen molar-refractivity contribution in [2.45, 2.75) is 37.3 Å². The maximum Gasteiger partial charge on any atom is 0.263 e. The van der Waals surface area contributed by atoms with E-state index in [4.69, 9.17) is 9.47 Å². The van der Waals surface area contributed by atoms with E-state index < -0.39 is 0 Å². The molecule has 0 heterocycles. The van der Waals surface area contributed by atoms with Crippen molar-refractivity contribution in [3.05, 3.63) is 77.4 Å². The second-order valence-electron chi connectivity index (χ2n) is 7.84. The zero-order valence-corrected chi connectivity index (χ0v) is 20.9. The minimum absolute atomic E-state index is 0.0469. The molecule has 0 aromatic heterocycles. The Labute approximate surface area is 205 Å². The fourth-order valence-corrected chi connectivity index (χ4v) is 4.50. The number of ether oxygens (including phenoxy) is 2. The van der Waals surface area contributed by atoms with Crippen LogP contribution in [0.25, 0.3) is 0 Å². The molecule has 0 saturated carbocycles. The standard InChI is InChI=1S/C27H30N2O4S/c1-6-24(26(30)29-21-15-17(2)13-14-18(21)3)34-20-10-7-9-19(16-20)28-27(31)25-22(32-4)11-8-12-23(25)33-5/h7-16,24H,6H2,1-5H3,(H,28,31)(H,29,30). The van der Waals surface area contributed by atoms with Gasteiger partial charge >= 0.3 is 0 Å². The number of amides is 2. The van der Waals surface area contributed by atoms with Crippen molar-refractivity contribution in [1.29, 1.82) is 0 Å². The number of benzene rings is 3. The zero-order valence-electron chi connectivity index (χ0n) is 20.1. The Bertz CT molecular complexity index is 1160. The number of carbonyl (C=O) groups excluding carboxylic acids is 2. The van der Waals surface area contributed by atoms with Gasteiger partial charge < -0.3 is 20.1 Å². The molecule has 2 amide bonds. The third-order valence-electron chi connectivity index (χ3n) is 5.34. The van der Waals surface area contributed by atoms with Gasteiger partial charge in [-0.2, -0.15) is 0 Å². The first-order valence-electron chi connectivity index (χ1n) is 11.0. The fourth-order valence-electron chi connectivity index (χ4n) is 3.49. The number of hydrogen-bond donors (Lipinski definition) is 2. The summed E-state index contributed by atoms with van der Waals surface area (Å²) in [5.41, 5.74) is 3.89. The molecular formula is C27H30N2O4S. The lowest BCUT2D eigenvalue weighted by atomic mass is 10.1. The van der Waals surface area contributed by atoms with Crippen LogP contribution < -0.4 is 20.1 Å². The first-order chi connectivity index (χ1) is 16.4. The Morgan fingerprint density at radius 3 is 2.24 bits per heavy atom. The Morgan fingerprint density at radius 1 is 0.912 bits per heavy atom. The average molecular weight is 479 g/mol. The molecule has 1 atom stereocenters. The molecule has 0 aliphatic carbocycles. The van der Waals surface area contributed by atoms with Crippen molar-refractivity contribution in [2.75, 3.05) is 24.9 Å². The van der Waals surface area contributed by atoms with E-state index in [0.717, 1.165) is 21.7 Å². The topological polar surface area (TPSA) is 76.7 Å². The SMILES string of the molecule is CCC(Sc1cccc(NC(=O)c2c(OC)cccc2OC)c1)C(=O)Nc1cc(C)ccc1C. The summed E-state index contributed by atoms with van der Waals surface area (Å²) in [6.07, 6.45) is 0.663. The lowest BCUT2D eigenvalue weighted by Crippen LogP contribution is -2.25. The normalized spacial score (nSPS) is 11.4. The molecule has 3 aromatic carbocycles. The van der Waals surface area contributed by atoms with Gasteiger partial charge in [0.2, 0.25) is 5.91 Å². The van der Waals surface area contributed by atoms with Gasteiger partial charge in [0, 0.05) is 16.3 Å². The van der Waals surface area contributed by atoms with Gasteiger partial charge in [-0.1, -0.05) is 31.2 Å². The van der Waals surface area contributed by atoms with E-state index >= 15 is 0 Å². The average Bonchev–Trinajstić information content (AvgIpc) is 2.84. The summed E-state index contributed by atoms with van der Waals surface area (Å²) in [5.74, 6) is 0.471. The van der Waals surface area contributed by atoms with Crippen LogP contribution in [0.4, 0.5) is 11.4 Å². The van der Waals surface area contributed by atoms with Gasteiger partial charge in [-0.25, -0.2) is 0 Å². The van der Waals surface area contributed by atoms with Crippen molar-refractivity contribution < 1.29 is 19.1 Å². The molecule has 2 N–H and O–H groups in total. The third kappa shape index (κ3) is 6.11.